The third-order valence-electron chi connectivity index (χ3n) is 3.78. The summed E-state index contributed by atoms with van der Waals surface area (Å²) in [5.41, 5.74) is 1.02. The molecule has 2 amide bonds. The summed E-state index contributed by atoms with van der Waals surface area (Å²) in [6, 6.07) is 17.6. The second-order valence-electron chi connectivity index (χ2n) is 5.80. The van der Waals surface area contributed by atoms with Crippen molar-refractivity contribution in [3.63, 3.8) is 0 Å². The Bertz CT molecular complexity index is 721. The summed E-state index contributed by atoms with van der Waals surface area (Å²) >= 11 is 0. The molecule has 3 rings (SSSR count). The molecule has 0 unspecified atom stereocenters. The van der Waals surface area contributed by atoms with Crippen LogP contribution in [0.3, 0.4) is 0 Å². The fraction of sp³-hybridized carbons (Fsp3) is 0.263. The summed E-state index contributed by atoms with van der Waals surface area (Å²) in [6.45, 7) is 2.17. The zero-order chi connectivity index (χ0) is 17.6. The molecular weight excluding hydrogens is 320 g/mol. The van der Waals surface area contributed by atoms with E-state index in [1.165, 1.54) is 0 Å². The van der Waals surface area contributed by atoms with E-state index >= 15 is 0 Å². The second-order valence-corrected chi connectivity index (χ2v) is 5.80. The largest absolute Gasteiger partial charge is 0.351 e. The maximum absolute atomic E-state index is 12.4. The molecular formula is C19H20N2O4. The van der Waals surface area contributed by atoms with Gasteiger partial charge in [-0.25, -0.2) is 0 Å². The minimum absolute atomic E-state index is 0.189. The first-order valence-corrected chi connectivity index (χ1v) is 8.12. The molecule has 0 radical (unpaired) electrons. The number of amides is 2. The van der Waals surface area contributed by atoms with Crippen LogP contribution in [0, 0.1) is 0 Å². The molecule has 6 nitrogen and oxygen atoms in total. The van der Waals surface area contributed by atoms with Crippen molar-refractivity contribution in [3.05, 3.63) is 71.8 Å². The number of hydrogen-bond donors (Lipinski definition) is 2. The minimum atomic E-state index is -0.774. The quantitative estimate of drug-likeness (QED) is 0.892. The van der Waals surface area contributed by atoms with Crippen molar-refractivity contribution in [1.29, 1.82) is 0 Å². The number of hydrogen-bond acceptors (Lipinski definition) is 4. The van der Waals surface area contributed by atoms with Gasteiger partial charge in [-0.2, -0.15) is 0 Å². The Morgan fingerprint density at radius 1 is 0.840 bits per heavy atom. The van der Waals surface area contributed by atoms with Gasteiger partial charge in [0.1, 0.15) is 0 Å². The zero-order valence-corrected chi connectivity index (χ0v) is 13.8. The van der Waals surface area contributed by atoms with E-state index < -0.39 is 12.5 Å². The van der Waals surface area contributed by atoms with Crippen molar-refractivity contribution in [2.24, 2.45) is 0 Å². The predicted octanol–water partition coefficient (Wildman–Crippen LogP) is 1.93. The highest BCUT2D eigenvalue weighted by atomic mass is 16.6. The van der Waals surface area contributed by atoms with Crippen LogP contribution in [0.2, 0.25) is 0 Å². The van der Waals surface area contributed by atoms with Crippen molar-refractivity contribution in [2.75, 3.05) is 6.61 Å². The lowest BCUT2D eigenvalue weighted by Crippen LogP contribution is -2.58. The van der Waals surface area contributed by atoms with E-state index in [2.05, 4.69) is 10.6 Å². The fourth-order valence-corrected chi connectivity index (χ4v) is 2.52. The SMILES string of the molecule is C[C@H]1CO[C@H](NC(=O)c2ccccc2)[C@@H](NC(=O)c2ccccc2)O1. The molecule has 1 heterocycles. The first-order chi connectivity index (χ1) is 12.1. The van der Waals surface area contributed by atoms with Crippen molar-refractivity contribution < 1.29 is 19.1 Å². The smallest absolute Gasteiger partial charge is 0.253 e. The predicted molar refractivity (Wildman–Crippen MR) is 91.9 cm³/mol. The van der Waals surface area contributed by atoms with Gasteiger partial charge < -0.3 is 20.1 Å². The molecule has 130 valence electrons. The molecule has 2 aromatic carbocycles. The Labute approximate surface area is 146 Å². The van der Waals surface area contributed by atoms with Gasteiger partial charge in [0, 0.05) is 11.1 Å². The molecule has 2 aromatic rings. The molecule has 0 aromatic heterocycles. The van der Waals surface area contributed by atoms with Gasteiger partial charge in [0.2, 0.25) is 0 Å². The van der Waals surface area contributed by atoms with Gasteiger partial charge in [-0.15, -0.1) is 0 Å². The molecule has 1 aliphatic rings. The van der Waals surface area contributed by atoms with E-state index in [1.54, 1.807) is 48.5 Å². The van der Waals surface area contributed by atoms with Gasteiger partial charge >= 0.3 is 0 Å². The average molecular weight is 340 g/mol. The van der Waals surface area contributed by atoms with Crippen molar-refractivity contribution in [3.8, 4) is 0 Å². The maximum atomic E-state index is 12.4. The van der Waals surface area contributed by atoms with Crippen LogP contribution < -0.4 is 10.6 Å². The maximum Gasteiger partial charge on any atom is 0.253 e. The number of carbonyl (C=O) groups is 2. The second kappa shape index (κ2) is 7.92. The topological polar surface area (TPSA) is 76.7 Å². The van der Waals surface area contributed by atoms with Crippen molar-refractivity contribution >= 4 is 11.8 Å². The number of carbonyl (C=O) groups excluding carboxylic acids is 2. The molecule has 0 aliphatic carbocycles. The summed E-state index contributed by atoms with van der Waals surface area (Å²) < 4.78 is 11.4. The van der Waals surface area contributed by atoms with Gasteiger partial charge in [0.05, 0.1) is 12.7 Å². The molecule has 1 fully saturated rings. The van der Waals surface area contributed by atoms with Crippen LogP contribution in [0.15, 0.2) is 60.7 Å². The molecule has 0 saturated carbocycles. The molecule has 0 spiro atoms. The summed E-state index contributed by atoms with van der Waals surface area (Å²) in [5, 5.41) is 5.53. The number of nitrogens with one attached hydrogen (secondary N) is 2. The van der Waals surface area contributed by atoms with Crippen LogP contribution in [0.1, 0.15) is 27.6 Å². The normalized spacial score (nSPS) is 22.8. The van der Waals surface area contributed by atoms with Gasteiger partial charge in [0.15, 0.2) is 12.5 Å². The van der Waals surface area contributed by atoms with Crippen LogP contribution >= 0.6 is 0 Å². The molecule has 3 atom stereocenters. The zero-order valence-electron chi connectivity index (χ0n) is 13.8. The monoisotopic (exact) mass is 340 g/mol. The highest BCUT2D eigenvalue weighted by molar-refractivity contribution is 5.95. The van der Waals surface area contributed by atoms with Crippen LogP contribution in [-0.2, 0) is 9.47 Å². The summed E-state index contributed by atoms with van der Waals surface area (Å²) in [6.07, 6.45) is -1.73. The Balaban J connectivity index is 1.68. The lowest BCUT2D eigenvalue weighted by Gasteiger charge is -2.35. The van der Waals surface area contributed by atoms with E-state index in [0.29, 0.717) is 17.7 Å². The first kappa shape index (κ1) is 17.1. The Morgan fingerprint density at radius 3 is 1.84 bits per heavy atom. The molecule has 1 aliphatic heterocycles. The van der Waals surface area contributed by atoms with E-state index in [-0.39, 0.29) is 17.9 Å². The third kappa shape index (κ3) is 4.43. The Morgan fingerprint density at radius 2 is 1.32 bits per heavy atom. The van der Waals surface area contributed by atoms with E-state index in [4.69, 9.17) is 9.47 Å². The van der Waals surface area contributed by atoms with Gasteiger partial charge in [0.25, 0.3) is 11.8 Å². The lowest BCUT2D eigenvalue weighted by molar-refractivity contribution is -0.187. The molecule has 2 N–H and O–H groups in total. The first-order valence-electron chi connectivity index (χ1n) is 8.12. The molecule has 6 heteroatoms. The van der Waals surface area contributed by atoms with E-state index in [0.717, 1.165) is 0 Å². The highest BCUT2D eigenvalue weighted by Gasteiger charge is 2.33. The van der Waals surface area contributed by atoms with E-state index in [1.807, 2.05) is 19.1 Å². The number of rotatable bonds is 4. The van der Waals surface area contributed by atoms with Crippen LogP contribution in [-0.4, -0.2) is 37.0 Å². The van der Waals surface area contributed by atoms with Gasteiger partial charge in [-0.05, 0) is 31.2 Å². The van der Waals surface area contributed by atoms with Crippen molar-refractivity contribution in [2.45, 2.75) is 25.5 Å². The Hall–Kier alpha value is -2.70. The summed E-state index contributed by atoms with van der Waals surface area (Å²) in [7, 11) is 0. The molecule has 0 bridgehead atoms. The van der Waals surface area contributed by atoms with Gasteiger partial charge in [-0.3, -0.25) is 9.59 Å². The van der Waals surface area contributed by atoms with Crippen LogP contribution in [0.5, 0.6) is 0 Å². The van der Waals surface area contributed by atoms with Gasteiger partial charge in [-0.1, -0.05) is 36.4 Å². The molecule has 25 heavy (non-hydrogen) atoms. The average Bonchev–Trinajstić information content (AvgIpc) is 2.65. The highest BCUT2D eigenvalue weighted by Crippen LogP contribution is 2.13. The number of benzene rings is 2. The van der Waals surface area contributed by atoms with Crippen LogP contribution in [0.25, 0.3) is 0 Å². The Kier molecular flexibility index (Phi) is 5.42. The summed E-state index contributed by atoms with van der Waals surface area (Å²) in [5.74, 6) is -0.579. The standard InChI is InChI=1S/C19H20N2O4/c1-13-12-24-18(20-16(22)14-8-4-2-5-9-14)19(25-13)21-17(23)15-10-6-3-7-11-15/h2-11,13,18-19H,12H2,1H3,(H,20,22)(H,21,23)/t13-,18-,19-/m0/s1. The fourth-order valence-electron chi connectivity index (χ4n) is 2.52. The van der Waals surface area contributed by atoms with Crippen LogP contribution in [0.4, 0.5) is 0 Å². The molecule has 1 saturated heterocycles. The minimum Gasteiger partial charge on any atom is -0.351 e. The van der Waals surface area contributed by atoms with E-state index in [9.17, 15) is 9.59 Å². The van der Waals surface area contributed by atoms with Crippen molar-refractivity contribution in [1.82, 2.24) is 10.6 Å². The number of ether oxygens (including phenoxy) is 2. The lowest BCUT2D eigenvalue weighted by atomic mass is 10.2. The summed E-state index contributed by atoms with van der Waals surface area (Å²) in [4.78, 5) is 24.7. The third-order valence-corrected chi connectivity index (χ3v) is 3.78.